The average Bonchev–Trinajstić information content (AvgIpc) is 3.21. The van der Waals surface area contributed by atoms with Gasteiger partial charge < -0.3 is 5.32 Å². The summed E-state index contributed by atoms with van der Waals surface area (Å²) >= 11 is 0. The summed E-state index contributed by atoms with van der Waals surface area (Å²) in [5.41, 5.74) is 4.12. The second kappa shape index (κ2) is 8.05. The Morgan fingerprint density at radius 3 is 2.76 bits per heavy atom. The number of rotatable bonds is 5. The van der Waals surface area contributed by atoms with Gasteiger partial charge in [0, 0.05) is 36.2 Å². The summed E-state index contributed by atoms with van der Waals surface area (Å²) in [4.78, 5) is 20.7. The Labute approximate surface area is 168 Å². The molecule has 0 saturated carbocycles. The van der Waals surface area contributed by atoms with Crippen molar-refractivity contribution >= 4 is 22.6 Å². The number of nitrogens with zero attached hydrogens (tertiary/aromatic N) is 5. The van der Waals surface area contributed by atoms with E-state index in [1.165, 1.54) is 0 Å². The summed E-state index contributed by atoms with van der Waals surface area (Å²) in [6.45, 7) is 4.96. The van der Waals surface area contributed by atoms with Crippen LogP contribution >= 0.6 is 0 Å². The van der Waals surface area contributed by atoms with E-state index < -0.39 is 0 Å². The van der Waals surface area contributed by atoms with Crippen LogP contribution in [0.4, 0.5) is 10.6 Å². The predicted molar refractivity (Wildman–Crippen MR) is 112 cm³/mol. The quantitative estimate of drug-likeness (QED) is 0.547. The first-order chi connectivity index (χ1) is 14.1. The van der Waals surface area contributed by atoms with Crippen molar-refractivity contribution in [2.24, 2.45) is 0 Å². The molecule has 0 unspecified atom stereocenters. The first-order valence-corrected chi connectivity index (χ1v) is 9.37. The fourth-order valence-corrected chi connectivity index (χ4v) is 3.28. The third-order valence-electron chi connectivity index (χ3n) is 4.58. The van der Waals surface area contributed by atoms with Crippen molar-refractivity contribution in [3.63, 3.8) is 0 Å². The standard InChI is InChI=1S/C21H21N7O/c1-3-22-21(29)26-20-11-18-17(15-6-7-23-14(2)10-15)5-4-16(19(18)12-24-20)13-28-9-8-25-27-28/h4-12H,3,13H2,1-2H3,(H2,22,24,26,29). The summed E-state index contributed by atoms with van der Waals surface area (Å²) in [6, 6.07) is 9.81. The maximum Gasteiger partial charge on any atom is 0.320 e. The Morgan fingerprint density at radius 1 is 1.10 bits per heavy atom. The number of nitrogens with one attached hydrogen (secondary N) is 2. The van der Waals surface area contributed by atoms with Gasteiger partial charge in [0.25, 0.3) is 0 Å². The monoisotopic (exact) mass is 387 g/mol. The molecule has 29 heavy (non-hydrogen) atoms. The number of hydrogen-bond donors (Lipinski definition) is 2. The number of amides is 2. The molecule has 0 radical (unpaired) electrons. The Kier molecular flexibility index (Phi) is 5.15. The fraction of sp³-hybridized carbons (Fsp3) is 0.190. The molecule has 0 aliphatic heterocycles. The number of anilines is 1. The largest absolute Gasteiger partial charge is 0.338 e. The van der Waals surface area contributed by atoms with Crippen LogP contribution in [0, 0.1) is 6.92 Å². The van der Waals surface area contributed by atoms with Crippen molar-refractivity contribution in [1.29, 1.82) is 0 Å². The van der Waals surface area contributed by atoms with Crippen molar-refractivity contribution in [3.8, 4) is 11.1 Å². The summed E-state index contributed by atoms with van der Waals surface area (Å²) in [7, 11) is 0. The zero-order valence-corrected chi connectivity index (χ0v) is 16.3. The van der Waals surface area contributed by atoms with Crippen molar-refractivity contribution in [3.05, 3.63) is 66.4 Å². The van der Waals surface area contributed by atoms with Crippen LogP contribution in [-0.2, 0) is 6.54 Å². The number of benzene rings is 1. The van der Waals surface area contributed by atoms with Crippen LogP contribution in [0.1, 0.15) is 18.2 Å². The summed E-state index contributed by atoms with van der Waals surface area (Å²) in [5.74, 6) is 0.494. The van der Waals surface area contributed by atoms with Gasteiger partial charge in [-0.1, -0.05) is 17.3 Å². The zero-order valence-electron chi connectivity index (χ0n) is 16.3. The second-order valence-electron chi connectivity index (χ2n) is 6.66. The molecule has 0 aliphatic rings. The van der Waals surface area contributed by atoms with E-state index >= 15 is 0 Å². The number of hydrogen-bond acceptors (Lipinski definition) is 5. The van der Waals surface area contributed by atoms with Gasteiger partial charge in [0.1, 0.15) is 5.82 Å². The minimum atomic E-state index is -0.278. The zero-order chi connectivity index (χ0) is 20.2. The van der Waals surface area contributed by atoms with E-state index in [2.05, 4.69) is 43.0 Å². The molecule has 3 heterocycles. The first kappa shape index (κ1) is 18.5. The number of carbonyl (C=O) groups excluding carboxylic acids is 1. The SMILES string of the molecule is CCNC(=O)Nc1cc2c(-c3ccnc(C)c3)ccc(Cn3ccnn3)c2cn1. The van der Waals surface area contributed by atoms with Gasteiger partial charge in [-0.2, -0.15) is 0 Å². The molecule has 1 aromatic carbocycles. The van der Waals surface area contributed by atoms with E-state index in [-0.39, 0.29) is 6.03 Å². The molecule has 4 rings (SSSR count). The van der Waals surface area contributed by atoms with Crippen LogP contribution in [0.5, 0.6) is 0 Å². The van der Waals surface area contributed by atoms with Crippen LogP contribution in [0.2, 0.25) is 0 Å². The molecule has 0 aliphatic carbocycles. The Bertz CT molecular complexity index is 1160. The lowest BCUT2D eigenvalue weighted by molar-refractivity contribution is 0.252. The molecular formula is C21H21N7O. The van der Waals surface area contributed by atoms with Crippen LogP contribution in [0.15, 0.2) is 55.1 Å². The molecular weight excluding hydrogens is 366 g/mol. The van der Waals surface area contributed by atoms with Gasteiger partial charge in [0.05, 0.1) is 12.7 Å². The van der Waals surface area contributed by atoms with Crippen molar-refractivity contribution in [2.75, 3.05) is 11.9 Å². The van der Waals surface area contributed by atoms with Crippen molar-refractivity contribution < 1.29 is 4.79 Å². The summed E-state index contributed by atoms with van der Waals surface area (Å²) in [6.07, 6.45) is 7.07. The molecule has 4 aromatic rings. The van der Waals surface area contributed by atoms with Gasteiger partial charge in [-0.3, -0.25) is 10.3 Å². The minimum absolute atomic E-state index is 0.278. The van der Waals surface area contributed by atoms with E-state index in [1.54, 1.807) is 23.3 Å². The summed E-state index contributed by atoms with van der Waals surface area (Å²) in [5, 5.41) is 15.4. The lowest BCUT2D eigenvalue weighted by Crippen LogP contribution is -2.28. The Balaban J connectivity index is 1.83. The molecule has 0 fully saturated rings. The lowest BCUT2D eigenvalue weighted by Gasteiger charge is -2.13. The van der Waals surface area contributed by atoms with E-state index in [9.17, 15) is 4.79 Å². The third kappa shape index (κ3) is 4.06. The highest BCUT2D eigenvalue weighted by Crippen LogP contribution is 2.32. The normalized spacial score (nSPS) is 10.8. The summed E-state index contributed by atoms with van der Waals surface area (Å²) < 4.78 is 1.77. The Morgan fingerprint density at radius 2 is 2.00 bits per heavy atom. The van der Waals surface area contributed by atoms with Crippen LogP contribution < -0.4 is 10.6 Å². The van der Waals surface area contributed by atoms with Crippen LogP contribution in [-0.4, -0.2) is 37.5 Å². The molecule has 0 bridgehead atoms. The minimum Gasteiger partial charge on any atom is -0.338 e. The maximum atomic E-state index is 11.9. The molecule has 0 atom stereocenters. The van der Waals surface area contributed by atoms with Crippen LogP contribution in [0.25, 0.3) is 21.9 Å². The van der Waals surface area contributed by atoms with Gasteiger partial charge in [-0.25, -0.2) is 14.5 Å². The molecule has 8 nitrogen and oxygen atoms in total. The van der Waals surface area contributed by atoms with Crippen LogP contribution in [0.3, 0.4) is 0 Å². The highest BCUT2D eigenvalue weighted by molar-refractivity contribution is 6.00. The number of aromatic nitrogens is 5. The number of fused-ring (bicyclic) bond motifs is 1. The molecule has 0 saturated heterocycles. The number of urea groups is 1. The van der Waals surface area contributed by atoms with Gasteiger partial charge in [0.2, 0.25) is 0 Å². The molecule has 8 heteroatoms. The predicted octanol–water partition coefficient (Wildman–Crippen LogP) is 3.39. The molecule has 2 N–H and O–H groups in total. The molecule has 146 valence electrons. The van der Waals surface area contributed by atoms with Gasteiger partial charge in [-0.15, -0.1) is 5.10 Å². The number of pyridine rings is 2. The number of carbonyl (C=O) groups is 1. The molecule has 0 spiro atoms. The third-order valence-corrected chi connectivity index (χ3v) is 4.58. The van der Waals surface area contributed by atoms with Gasteiger partial charge in [-0.05, 0) is 54.1 Å². The highest BCUT2D eigenvalue weighted by Gasteiger charge is 2.12. The molecule has 2 amide bonds. The second-order valence-corrected chi connectivity index (χ2v) is 6.66. The van der Waals surface area contributed by atoms with Crippen molar-refractivity contribution in [1.82, 2.24) is 30.3 Å². The fourth-order valence-electron chi connectivity index (χ4n) is 3.28. The topological polar surface area (TPSA) is 97.6 Å². The number of aryl methyl sites for hydroxylation is 1. The average molecular weight is 387 g/mol. The van der Waals surface area contributed by atoms with Gasteiger partial charge in [0.15, 0.2) is 0 Å². The van der Waals surface area contributed by atoms with E-state index in [0.29, 0.717) is 18.9 Å². The smallest absolute Gasteiger partial charge is 0.320 e. The van der Waals surface area contributed by atoms with Gasteiger partial charge >= 0.3 is 6.03 Å². The Hall–Kier alpha value is -3.81. The highest BCUT2D eigenvalue weighted by atomic mass is 16.2. The van der Waals surface area contributed by atoms with E-state index in [1.807, 2.05) is 38.2 Å². The lowest BCUT2D eigenvalue weighted by atomic mass is 9.96. The molecule has 3 aromatic heterocycles. The first-order valence-electron chi connectivity index (χ1n) is 9.37. The van der Waals surface area contributed by atoms with E-state index in [4.69, 9.17) is 0 Å². The van der Waals surface area contributed by atoms with Crippen molar-refractivity contribution in [2.45, 2.75) is 20.4 Å². The maximum absolute atomic E-state index is 11.9. The van der Waals surface area contributed by atoms with E-state index in [0.717, 1.165) is 33.2 Å².